The van der Waals surface area contributed by atoms with Gasteiger partial charge in [-0.15, -0.1) is 0 Å². The number of amides is 1. The highest BCUT2D eigenvalue weighted by Gasteiger charge is 2.16. The number of anilines is 2. The predicted octanol–water partition coefficient (Wildman–Crippen LogP) is 3.63. The zero-order valence-corrected chi connectivity index (χ0v) is 17.4. The fourth-order valence-corrected chi connectivity index (χ4v) is 3.26. The lowest BCUT2D eigenvalue weighted by Crippen LogP contribution is -2.20. The Kier molecular flexibility index (Phi) is 6.34. The first-order valence-corrected chi connectivity index (χ1v) is 9.53. The zero-order valence-electron chi connectivity index (χ0n) is 16.6. The second kappa shape index (κ2) is 8.94. The molecule has 2 heterocycles. The highest BCUT2D eigenvalue weighted by atomic mass is 35.5. The number of pyridine rings is 1. The minimum Gasteiger partial charge on any atom is -0.412 e. The van der Waals surface area contributed by atoms with E-state index in [2.05, 4.69) is 15.3 Å². The normalized spacial score (nSPS) is 10.5. The Morgan fingerprint density at radius 1 is 1.10 bits per heavy atom. The number of benzene rings is 2. The van der Waals surface area contributed by atoms with Gasteiger partial charge in [0.1, 0.15) is 17.9 Å². The molecule has 4 aromatic rings. The summed E-state index contributed by atoms with van der Waals surface area (Å²) in [6.45, 7) is 0.0949. The van der Waals surface area contributed by atoms with Gasteiger partial charge in [-0.1, -0.05) is 17.7 Å². The third-order valence-electron chi connectivity index (χ3n) is 4.55. The van der Waals surface area contributed by atoms with Crippen LogP contribution >= 0.6 is 11.6 Å². The second-order valence-electron chi connectivity index (χ2n) is 6.87. The molecule has 2 aromatic carbocycles. The maximum atomic E-state index is 12.8. The summed E-state index contributed by atoms with van der Waals surface area (Å²) in [5.41, 5.74) is 4.02. The van der Waals surface area contributed by atoms with Crippen molar-refractivity contribution in [2.75, 3.05) is 24.3 Å². The molecule has 3 N–H and O–H groups in total. The van der Waals surface area contributed by atoms with E-state index in [-0.39, 0.29) is 17.9 Å². The van der Waals surface area contributed by atoms with Crippen molar-refractivity contribution in [3.63, 3.8) is 0 Å². The van der Waals surface area contributed by atoms with Crippen molar-refractivity contribution >= 4 is 40.0 Å². The van der Waals surface area contributed by atoms with Crippen LogP contribution in [0.25, 0.3) is 22.6 Å². The lowest BCUT2D eigenvalue weighted by atomic mass is 10.2. The number of hydrogen-bond acceptors (Lipinski definition) is 4. The van der Waals surface area contributed by atoms with Crippen LogP contribution in [0.5, 0.6) is 0 Å². The molecule has 0 unspecified atom stereocenters. The van der Waals surface area contributed by atoms with Gasteiger partial charge in [-0.2, -0.15) is 0 Å². The van der Waals surface area contributed by atoms with E-state index in [0.29, 0.717) is 16.5 Å². The summed E-state index contributed by atoms with van der Waals surface area (Å²) in [4.78, 5) is 23.9. The molecule has 0 saturated carbocycles. The molecule has 0 aliphatic rings. The summed E-state index contributed by atoms with van der Waals surface area (Å²) in [5, 5.41) is 3.61. The molecule has 2 aromatic heterocycles. The molecule has 7 nitrogen and oxygen atoms in total. The second-order valence-corrected chi connectivity index (χ2v) is 7.30. The Hall–Kier alpha value is -3.42. The fourth-order valence-electron chi connectivity index (χ4n) is 3.13. The number of carbonyl (C=O) groups excluding carboxylic acids is 1. The monoisotopic (exact) mass is 423 g/mol. The Balaban J connectivity index is 0.00000256. The molecule has 0 fully saturated rings. The van der Waals surface area contributed by atoms with Crippen LogP contribution in [-0.4, -0.2) is 40.0 Å². The third-order valence-corrected chi connectivity index (χ3v) is 4.81. The SMILES string of the molecule is CN(C)c1cccc(NC(=O)Cn2c(-c3ccc(Cl)cc3)nc3cccnc32)c1.O. The first-order valence-electron chi connectivity index (χ1n) is 9.16. The topological polar surface area (TPSA) is 94.6 Å². The van der Waals surface area contributed by atoms with Crippen molar-refractivity contribution in [1.29, 1.82) is 0 Å². The van der Waals surface area contributed by atoms with Crippen LogP contribution in [0.2, 0.25) is 5.02 Å². The molecule has 4 rings (SSSR count). The molecule has 0 aliphatic heterocycles. The van der Waals surface area contributed by atoms with E-state index in [1.165, 1.54) is 0 Å². The lowest BCUT2D eigenvalue weighted by molar-refractivity contribution is -0.116. The van der Waals surface area contributed by atoms with E-state index in [0.717, 1.165) is 22.5 Å². The molecular formula is C22H22ClN5O2. The van der Waals surface area contributed by atoms with E-state index < -0.39 is 0 Å². The number of halogens is 1. The van der Waals surface area contributed by atoms with Gasteiger partial charge in [-0.05, 0) is 54.6 Å². The van der Waals surface area contributed by atoms with E-state index in [1.54, 1.807) is 18.3 Å². The van der Waals surface area contributed by atoms with Crippen LogP contribution in [0, 0.1) is 0 Å². The summed E-state index contributed by atoms with van der Waals surface area (Å²) in [7, 11) is 3.92. The Morgan fingerprint density at radius 2 is 1.87 bits per heavy atom. The maximum absolute atomic E-state index is 12.8. The number of fused-ring (bicyclic) bond motifs is 1. The van der Waals surface area contributed by atoms with E-state index in [1.807, 2.05) is 72.1 Å². The molecule has 1 amide bonds. The van der Waals surface area contributed by atoms with Gasteiger partial charge in [0.25, 0.3) is 0 Å². The summed E-state index contributed by atoms with van der Waals surface area (Å²) >= 11 is 6.02. The predicted molar refractivity (Wildman–Crippen MR) is 121 cm³/mol. The molecule has 30 heavy (non-hydrogen) atoms. The minimum absolute atomic E-state index is 0. The summed E-state index contributed by atoms with van der Waals surface area (Å²) in [5.74, 6) is 0.522. The molecule has 0 aliphatic carbocycles. The van der Waals surface area contributed by atoms with Crippen LogP contribution in [0.3, 0.4) is 0 Å². The van der Waals surface area contributed by atoms with Gasteiger partial charge in [-0.25, -0.2) is 9.97 Å². The highest BCUT2D eigenvalue weighted by molar-refractivity contribution is 6.30. The van der Waals surface area contributed by atoms with Crippen molar-refractivity contribution in [2.24, 2.45) is 0 Å². The van der Waals surface area contributed by atoms with E-state index >= 15 is 0 Å². The number of aromatic nitrogens is 3. The van der Waals surface area contributed by atoms with Crippen LogP contribution in [0.15, 0.2) is 66.9 Å². The Labute approximate surface area is 179 Å². The Morgan fingerprint density at radius 3 is 2.60 bits per heavy atom. The first-order chi connectivity index (χ1) is 14.0. The molecule has 8 heteroatoms. The maximum Gasteiger partial charge on any atom is 0.244 e. The summed E-state index contributed by atoms with van der Waals surface area (Å²) in [6.07, 6.45) is 1.70. The van der Waals surface area contributed by atoms with Gasteiger partial charge in [0, 0.05) is 42.3 Å². The quantitative estimate of drug-likeness (QED) is 0.530. The van der Waals surface area contributed by atoms with Gasteiger partial charge in [0.15, 0.2) is 5.65 Å². The van der Waals surface area contributed by atoms with Crippen molar-refractivity contribution < 1.29 is 10.3 Å². The number of nitrogens with zero attached hydrogens (tertiary/aromatic N) is 4. The third kappa shape index (κ3) is 4.42. The number of imidazole rings is 1. The van der Waals surface area contributed by atoms with Crippen LogP contribution in [-0.2, 0) is 11.3 Å². The van der Waals surface area contributed by atoms with Gasteiger partial charge < -0.3 is 15.7 Å². The number of nitrogens with one attached hydrogen (secondary N) is 1. The molecule has 0 atom stereocenters. The van der Waals surface area contributed by atoms with Crippen molar-refractivity contribution in [1.82, 2.24) is 14.5 Å². The van der Waals surface area contributed by atoms with Crippen molar-refractivity contribution in [3.05, 3.63) is 71.9 Å². The molecule has 0 saturated heterocycles. The lowest BCUT2D eigenvalue weighted by Gasteiger charge is -2.14. The molecule has 154 valence electrons. The highest BCUT2D eigenvalue weighted by Crippen LogP contribution is 2.25. The average molecular weight is 424 g/mol. The van der Waals surface area contributed by atoms with Crippen LogP contribution in [0.1, 0.15) is 0 Å². The van der Waals surface area contributed by atoms with Gasteiger partial charge in [-0.3, -0.25) is 9.36 Å². The smallest absolute Gasteiger partial charge is 0.244 e. The molecule has 0 spiro atoms. The van der Waals surface area contributed by atoms with Crippen LogP contribution < -0.4 is 10.2 Å². The van der Waals surface area contributed by atoms with Gasteiger partial charge in [0.2, 0.25) is 5.91 Å². The summed E-state index contributed by atoms with van der Waals surface area (Å²) < 4.78 is 1.82. The van der Waals surface area contributed by atoms with Gasteiger partial charge in [0.05, 0.1) is 0 Å². The number of rotatable bonds is 5. The van der Waals surface area contributed by atoms with Gasteiger partial charge >= 0.3 is 0 Å². The minimum atomic E-state index is -0.152. The molecular weight excluding hydrogens is 402 g/mol. The standard InChI is InChI=1S/C22H20ClN5O.H2O/c1-27(2)18-6-3-5-17(13-18)25-20(29)14-28-21(15-8-10-16(23)11-9-15)26-19-7-4-12-24-22(19)28;/h3-13H,14H2,1-2H3,(H,25,29);1H2. The number of carbonyl (C=O) groups is 1. The van der Waals surface area contributed by atoms with Crippen molar-refractivity contribution in [2.45, 2.75) is 6.54 Å². The largest absolute Gasteiger partial charge is 0.412 e. The van der Waals surface area contributed by atoms with Crippen LogP contribution in [0.4, 0.5) is 11.4 Å². The first kappa shape index (κ1) is 21.3. The Bertz CT molecular complexity index is 1170. The molecule has 0 bridgehead atoms. The average Bonchev–Trinajstić information content (AvgIpc) is 3.07. The van der Waals surface area contributed by atoms with Crippen molar-refractivity contribution in [3.8, 4) is 11.4 Å². The fraction of sp³-hybridized carbons (Fsp3) is 0.136. The number of hydrogen-bond donors (Lipinski definition) is 1. The van der Waals surface area contributed by atoms with E-state index in [9.17, 15) is 4.79 Å². The summed E-state index contributed by atoms with van der Waals surface area (Å²) in [6, 6.07) is 18.8. The molecule has 0 radical (unpaired) electrons. The zero-order chi connectivity index (χ0) is 20.4. The van der Waals surface area contributed by atoms with E-state index in [4.69, 9.17) is 11.6 Å².